The van der Waals surface area contributed by atoms with Crippen LogP contribution in [0.15, 0.2) is 36.5 Å². The van der Waals surface area contributed by atoms with Crippen LogP contribution < -0.4 is 0 Å². The second kappa shape index (κ2) is 9.31. The Morgan fingerprint density at radius 2 is 1.62 bits per heavy atom. The van der Waals surface area contributed by atoms with Gasteiger partial charge in [-0.3, -0.25) is 0 Å². The van der Waals surface area contributed by atoms with Crippen LogP contribution in [0.1, 0.15) is 41.0 Å². The van der Waals surface area contributed by atoms with E-state index in [1.165, 1.54) is 19.3 Å². The minimum Gasteiger partial charge on any atom is -0.0879 e. The van der Waals surface area contributed by atoms with E-state index in [2.05, 4.69) is 43.4 Å². The lowest BCUT2D eigenvalue weighted by Gasteiger charge is -1.98. The fraction of sp³-hybridized carbons (Fsp3) is 0.538. The Morgan fingerprint density at radius 3 is 2.38 bits per heavy atom. The standard InChI is InChI=1S/C11H16.2CH4/c1-11-9-7-5-3-2-4-6-8-10-11;;/h3,5,7-11H,2,4,6H2,1H3;2*1H4/b5-3-,9-7-,10-8-;;. The third-order valence-electron chi connectivity index (χ3n) is 1.84. The van der Waals surface area contributed by atoms with Gasteiger partial charge in [0.1, 0.15) is 0 Å². The molecule has 1 atom stereocenters. The molecule has 0 fully saturated rings. The van der Waals surface area contributed by atoms with Crippen LogP contribution in [0.5, 0.6) is 0 Å². The summed E-state index contributed by atoms with van der Waals surface area (Å²) in [5.74, 6) is 0.595. The summed E-state index contributed by atoms with van der Waals surface area (Å²) in [7, 11) is 0. The molecule has 0 aromatic rings. The first-order chi connectivity index (χ1) is 5.39. The topological polar surface area (TPSA) is 0 Å². The third-order valence-corrected chi connectivity index (χ3v) is 1.84. The summed E-state index contributed by atoms with van der Waals surface area (Å²) in [6, 6.07) is 0. The fourth-order valence-electron chi connectivity index (χ4n) is 1.14. The summed E-state index contributed by atoms with van der Waals surface area (Å²) in [5.41, 5.74) is 0. The second-order valence-electron chi connectivity index (χ2n) is 3.03. The average Bonchev–Trinajstić information content (AvgIpc) is 2.03. The van der Waals surface area contributed by atoms with Crippen LogP contribution in [-0.4, -0.2) is 0 Å². The van der Waals surface area contributed by atoms with E-state index in [0.29, 0.717) is 5.92 Å². The van der Waals surface area contributed by atoms with Gasteiger partial charge in [0.25, 0.3) is 0 Å². The molecule has 1 rings (SSSR count). The van der Waals surface area contributed by atoms with E-state index >= 15 is 0 Å². The first-order valence-corrected chi connectivity index (χ1v) is 4.39. The molecule has 0 spiro atoms. The highest BCUT2D eigenvalue weighted by Gasteiger charge is 1.89. The molecule has 0 radical (unpaired) electrons. The van der Waals surface area contributed by atoms with Gasteiger partial charge in [0, 0.05) is 0 Å². The molecule has 0 bridgehead atoms. The number of hydrogen-bond acceptors (Lipinski definition) is 0. The zero-order valence-corrected chi connectivity index (χ0v) is 7.16. The van der Waals surface area contributed by atoms with Crippen molar-refractivity contribution in [3.63, 3.8) is 0 Å². The van der Waals surface area contributed by atoms with Gasteiger partial charge >= 0.3 is 0 Å². The summed E-state index contributed by atoms with van der Waals surface area (Å²) >= 11 is 0. The van der Waals surface area contributed by atoms with Crippen molar-refractivity contribution in [3.8, 4) is 0 Å². The normalized spacial score (nSPS) is 28.8. The Bertz CT molecular complexity index is 172. The largest absolute Gasteiger partial charge is 0.0879 e. The summed E-state index contributed by atoms with van der Waals surface area (Å²) in [5, 5.41) is 0. The van der Waals surface area contributed by atoms with Crippen LogP contribution in [0.2, 0.25) is 0 Å². The van der Waals surface area contributed by atoms with Crippen LogP contribution >= 0.6 is 0 Å². The Labute approximate surface area is 84.1 Å². The first kappa shape index (κ1) is 14.7. The maximum atomic E-state index is 2.29. The molecule has 0 aromatic heterocycles. The maximum Gasteiger partial charge on any atom is -0.00788 e. The lowest BCUT2D eigenvalue weighted by molar-refractivity contribution is 0.847. The molecule has 1 unspecified atom stereocenters. The van der Waals surface area contributed by atoms with E-state index < -0.39 is 0 Å². The zero-order chi connectivity index (χ0) is 7.94. The van der Waals surface area contributed by atoms with Gasteiger partial charge in [-0.25, -0.2) is 0 Å². The van der Waals surface area contributed by atoms with Crippen molar-refractivity contribution in [3.05, 3.63) is 36.5 Å². The van der Waals surface area contributed by atoms with Gasteiger partial charge in [-0.15, -0.1) is 0 Å². The van der Waals surface area contributed by atoms with E-state index in [1.54, 1.807) is 0 Å². The van der Waals surface area contributed by atoms with E-state index in [9.17, 15) is 0 Å². The van der Waals surface area contributed by atoms with Crippen molar-refractivity contribution in [1.29, 1.82) is 0 Å². The summed E-state index contributed by atoms with van der Waals surface area (Å²) in [6.07, 6.45) is 17.0. The minimum atomic E-state index is 0. The van der Waals surface area contributed by atoms with Gasteiger partial charge in [0.15, 0.2) is 0 Å². The summed E-state index contributed by atoms with van der Waals surface area (Å²) < 4.78 is 0. The van der Waals surface area contributed by atoms with E-state index in [4.69, 9.17) is 0 Å². The number of allylic oxidation sites excluding steroid dienone is 6. The Morgan fingerprint density at radius 1 is 0.923 bits per heavy atom. The van der Waals surface area contributed by atoms with Crippen molar-refractivity contribution in [2.45, 2.75) is 41.0 Å². The molecule has 0 heterocycles. The molecule has 0 heteroatoms. The Kier molecular flexibility index (Phi) is 10.5. The Hall–Kier alpha value is -0.780. The van der Waals surface area contributed by atoms with Crippen LogP contribution in [-0.2, 0) is 0 Å². The van der Waals surface area contributed by atoms with Gasteiger partial charge in [0.2, 0.25) is 0 Å². The molecule has 0 saturated carbocycles. The Balaban J connectivity index is 0. The van der Waals surface area contributed by atoms with Crippen molar-refractivity contribution >= 4 is 0 Å². The summed E-state index contributed by atoms with van der Waals surface area (Å²) in [6.45, 7) is 2.21. The predicted molar refractivity (Wildman–Crippen MR) is 63.9 cm³/mol. The quantitative estimate of drug-likeness (QED) is 0.472. The van der Waals surface area contributed by atoms with Crippen molar-refractivity contribution < 1.29 is 0 Å². The molecule has 0 aliphatic heterocycles. The fourth-order valence-corrected chi connectivity index (χ4v) is 1.14. The molecule has 0 saturated heterocycles. The monoisotopic (exact) mass is 180 g/mol. The summed E-state index contributed by atoms with van der Waals surface area (Å²) in [4.78, 5) is 0. The van der Waals surface area contributed by atoms with Crippen molar-refractivity contribution in [2.75, 3.05) is 0 Å². The second-order valence-corrected chi connectivity index (χ2v) is 3.03. The zero-order valence-electron chi connectivity index (χ0n) is 7.16. The first-order valence-electron chi connectivity index (χ1n) is 4.39. The molecule has 13 heavy (non-hydrogen) atoms. The van der Waals surface area contributed by atoms with Gasteiger partial charge in [-0.1, -0.05) is 58.2 Å². The molecular formula is C13H24. The van der Waals surface area contributed by atoms with E-state index in [-0.39, 0.29) is 14.9 Å². The molecule has 0 amide bonds. The van der Waals surface area contributed by atoms with Crippen molar-refractivity contribution in [1.82, 2.24) is 0 Å². The number of hydrogen-bond donors (Lipinski definition) is 0. The molecule has 0 aromatic carbocycles. The van der Waals surface area contributed by atoms with Gasteiger partial charge in [0.05, 0.1) is 0 Å². The number of rotatable bonds is 0. The lowest BCUT2D eigenvalue weighted by Crippen LogP contribution is -1.82. The molecule has 1 aliphatic carbocycles. The van der Waals surface area contributed by atoms with Crippen LogP contribution in [0.25, 0.3) is 0 Å². The molecular weight excluding hydrogens is 156 g/mol. The van der Waals surface area contributed by atoms with Crippen molar-refractivity contribution in [2.24, 2.45) is 5.92 Å². The predicted octanol–water partition coefficient (Wildman–Crippen LogP) is 4.75. The molecule has 76 valence electrons. The van der Waals surface area contributed by atoms with E-state index in [1.807, 2.05) is 0 Å². The average molecular weight is 180 g/mol. The van der Waals surface area contributed by atoms with Crippen LogP contribution in [0, 0.1) is 5.92 Å². The highest BCUT2D eigenvalue weighted by molar-refractivity contribution is 5.08. The molecule has 1 aliphatic rings. The molecule has 0 N–H and O–H groups in total. The minimum absolute atomic E-state index is 0. The van der Waals surface area contributed by atoms with Crippen LogP contribution in [0.3, 0.4) is 0 Å². The molecule has 0 nitrogen and oxygen atoms in total. The van der Waals surface area contributed by atoms with Gasteiger partial charge < -0.3 is 0 Å². The SMILES string of the molecule is C.C.CC1/C=C\C=C/CCC/C=C\1. The highest BCUT2D eigenvalue weighted by Crippen LogP contribution is 2.05. The van der Waals surface area contributed by atoms with Gasteiger partial charge in [-0.05, 0) is 25.2 Å². The third kappa shape index (κ3) is 7.58. The lowest BCUT2D eigenvalue weighted by atomic mass is 10.1. The van der Waals surface area contributed by atoms with E-state index in [0.717, 1.165) is 0 Å². The van der Waals surface area contributed by atoms with Crippen LogP contribution in [0.4, 0.5) is 0 Å². The van der Waals surface area contributed by atoms with Gasteiger partial charge in [-0.2, -0.15) is 0 Å². The smallest absolute Gasteiger partial charge is 0.00788 e. The maximum absolute atomic E-state index is 2.29. The highest BCUT2D eigenvalue weighted by atomic mass is 13.9.